The Kier molecular flexibility index (Phi) is 3.89. The number of rotatable bonds is 4. The molecule has 0 unspecified atom stereocenters. The molecule has 2 aromatic carbocycles. The molecule has 0 bridgehead atoms. The van der Waals surface area contributed by atoms with Crippen molar-refractivity contribution in [2.24, 2.45) is 5.73 Å². The maximum absolute atomic E-state index is 13.9. The van der Waals surface area contributed by atoms with Gasteiger partial charge in [0.15, 0.2) is 0 Å². The molecule has 0 fully saturated rings. The summed E-state index contributed by atoms with van der Waals surface area (Å²) in [7, 11) is 0. The van der Waals surface area contributed by atoms with Gasteiger partial charge in [0.1, 0.15) is 5.82 Å². The van der Waals surface area contributed by atoms with Gasteiger partial charge in [0.2, 0.25) is 0 Å². The first-order chi connectivity index (χ1) is 9.52. The highest BCUT2D eigenvalue weighted by molar-refractivity contribution is 5.99. The monoisotopic (exact) mass is 273 g/mol. The van der Waals surface area contributed by atoms with Gasteiger partial charge >= 0.3 is 0 Å². The predicted molar refractivity (Wildman–Crippen MR) is 78.4 cm³/mol. The number of primary amides is 1. The van der Waals surface area contributed by atoms with Gasteiger partial charge in [-0.05, 0) is 30.2 Å². The maximum atomic E-state index is 13.9. The molecule has 4 nitrogen and oxygen atoms in total. The second kappa shape index (κ2) is 5.61. The molecule has 0 atom stereocenters. The molecule has 0 spiro atoms. The van der Waals surface area contributed by atoms with E-state index in [0.717, 1.165) is 23.7 Å². The van der Waals surface area contributed by atoms with E-state index in [4.69, 9.17) is 11.5 Å². The average molecular weight is 273 g/mol. The number of nitrogen functional groups attached to an aromatic ring is 1. The molecule has 104 valence electrons. The highest BCUT2D eigenvalue weighted by Crippen LogP contribution is 2.27. The first-order valence-corrected chi connectivity index (χ1v) is 6.26. The third-order valence-corrected chi connectivity index (χ3v) is 3.07. The molecule has 0 heterocycles. The van der Waals surface area contributed by atoms with E-state index in [1.807, 2.05) is 31.2 Å². The number of hydrogen-bond donors (Lipinski definition) is 3. The van der Waals surface area contributed by atoms with Crippen LogP contribution in [0.4, 0.5) is 21.5 Å². The summed E-state index contributed by atoms with van der Waals surface area (Å²) < 4.78 is 13.9. The van der Waals surface area contributed by atoms with Gasteiger partial charge in [0, 0.05) is 11.4 Å². The van der Waals surface area contributed by atoms with Crippen molar-refractivity contribution >= 4 is 23.0 Å². The van der Waals surface area contributed by atoms with Gasteiger partial charge in [-0.25, -0.2) is 4.39 Å². The molecule has 5 heteroatoms. The number of benzene rings is 2. The highest BCUT2D eigenvalue weighted by atomic mass is 19.1. The van der Waals surface area contributed by atoms with Crippen molar-refractivity contribution in [1.82, 2.24) is 0 Å². The molecule has 2 aromatic rings. The Morgan fingerprint density at radius 2 is 1.95 bits per heavy atom. The van der Waals surface area contributed by atoms with Crippen LogP contribution in [0.15, 0.2) is 36.4 Å². The van der Waals surface area contributed by atoms with Crippen molar-refractivity contribution in [1.29, 1.82) is 0 Å². The van der Waals surface area contributed by atoms with Gasteiger partial charge in [0.05, 0.1) is 11.3 Å². The van der Waals surface area contributed by atoms with Gasteiger partial charge in [0.25, 0.3) is 5.91 Å². The molecule has 0 aromatic heterocycles. The normalized spacial score (nSPS) is 10.3. The van der Waals surface area contributed by atoms with Crippen LogP contribution in [0, 0.1) is 5.82 Å². The molecule has 0 aliphatic carbocycles. The van der Waals surface area contributed by atoms with Gasteiger partial charge in [-0.1, -0.05) is 25.1 Å². The summed E-state index contributed by atoms with van der Waals surface area (Å²) in [5.41, 5.74) is 12.9. The number of amides is 1. The maximum Gasteiger partial charge on any atom is 0.250 e. The number of carbonyl (C=O) groups is 1. The standard InChI is InChI=1S/C15H16FN3O/c1-2-9-5-3-4-6-13(9)19-14-7-10(15(18)20)12(17)8-11(14)16/h3-8,19H,2,17H2,1H3,(H2,18,20). The lowest BCUT2D eigenvalue weighted by molar-refractivity contribution is 0.100. The molecule has 20 heavy (non-hydrogen) atoms. The number of halogens is 1. The van der Waals surface area contributed by atoms with Crippen LogP contribution in [0.3, 0.4) is 0 Å². The SMILES string of the molecule is CCc1ccccc1Nc1cc(C(N)=O)c(N)cc1F. The Morgan fingerprint density at radius 1 is 1.25 bits per heavy atom. The van der Waals surface area contributed by atoms with Crippen LogP contribution in [0.5, 0.6) is 0 Å². The number of aryl methyl sites for hydroxylation is 1. The molecule has 0 aliphatic rings. The van der Waals surface area contributed by atoms with Crippen LogP contribution in [-0.2, 0) is 6.42 Å². The zero-order valence-corrected chi connectivity index (χ0v) is 11.1. The lowest BCUT2D eigenvalue weighted by atomic mass is 10.1. The largest absolute Gasteiger partial charge is 0.398 e. The van der Waals surface area contributed by atoms with Crippen LogP contribution in [-0.4, -0.2) is 5.91 Å². The van der Waals surface area contributed by atoms with Crippen LogP contribution in [0.2, 0.25) is 0 Å². The fourth-order valence-corrected chi connectivity index (χ4v) is 1.99. The predicted octanol–water partition coefficient (Wildman–Crippen LogP) is 2.81. The van der Waals surface area contributed by atoms with Gasteiger partial charge < -0.3 is 16.8 Å². The minimum absolute atomic E-state index is 0.0318. The van der Waals surface area contributed by atoms with Gasteiger partial charge in [-0.3, -0.25) is 4.79 Å². The van der Waals surface area contributed by atoms with E-state index in [0.29, 0.717) is 0 Å². The Morgan fingerprint density at radius 3 is 2.60 bits per heavy atom. The highest BCUT2D eigenvalue weighted by Gasteiger charge is 2.12. The second-order valence-electron chi connectivity index (χ2n) is 4.42. The Labute approximate surface area is 116 Å². The van der Waals surface area contributed by atoms with Crippen molar-refractivity contribution in [2.45, 2.75) is 13.3 Å². The summed E-state index contributed by atoms with van der Waals surface area (Å²) in [6, 6.07) is 9.99. The molecular weight excluding hydrogens is 257 g/mol. The summed E-state index contributed by atoms with van der Waals surface area (Å²) in [6.45, 7) is 2.01. The average Bonchev–Trinajstić information content (AvgIpc) is 2.42. The molecule has 1 amide bonds. The van der Waals surface area contributed by atoms with Crippen LogP contribution in [0.25, 0.3) is 0 Å². The molecule has 0 saturated heterocycles. The molecular formula is C15H16FN3O. The third-order valence-electron chi connectivity index (χ3n) is 3.07. The van der Waals surface area contributed by atoms with E-state index in [2.05, 4.69) is 5.32 Å². The summed E-state index contributed by atoms with van der Waals surface area (Å²) in [6.07, 6.45) is 0.808. The quantitative estimate of drug-likeness (QED) is 0.749. The summed E-state index contributed by atoms with van der Waals surface area (Å²) in [5, 5.41) is 2.98. The third kappa shape index (κ3) is 2.71. The topological polar surface area (TPSA) is 81.1 Å². The van der Waals surface area contributed by atoms with Crippen LogP contribution >= 0.6 is 0 Å². The fourth-order valence-electron chi connectivity index (χ4n) is 1.99. The molecule has 0 radical (unpaired) electrons. The van der Waals surface area contributed by atoms with Crippen molar-refractivity contribution in [3.05, 3.63) is 53.3 Å². The van der Waals surface area contributed by atoms with E-state index >= 15 is 0 Å². The van der Waals surface area contributed by atoms with Gasteiger partial charge in [-0.15, -0.1) is 0 Å². The Balaban J connectivity index is 2.43. The van der Waals surface area contributed by atoms with Crippen molar-refractivity contribution in [3.63, 3.8) is 0 Å². The summed E-state index contributed by atoms with van der Waals surface area (Å²) >= 11 is 0. The fraction of sp³-hybridized carbons (Fsp3) is 0.133. The Hall–Kier alpha value is -2.56. The van der Waals surface area contributed by atoms with Gasteiger partial charge in [-0.2, -0.15) is 0 Å². The van der Waals surface area contributed by atoms with Crippen molar-refractivity contribution in [2.75, 3.05) is 11.1 Å². The lowest BCUT2D eigenvalue weighted by Gasteiger charge is -2.13. The molecule has 0 aliphatic heterocycles. The number of carbonyl (C=O) groups excluding carboxylic acids is 1. The molecule has 0 saturated carbocycles. The number of nitrogens with one attached hydrogen (secondary N) is 1. The summed E-state index contributed by atoms with van der Waals surface area (Å²) in [5.74, 6) is -1.22. The number of hydrogen-bond acceptors (Lipinski definition) is 3. The van der Waals surface area contributed by atoms with Crippen molar-refractivity contribution < 1.29 is 9.18 Å². The van der Waals surface area contributed by atoms with Crippen molar-refractivity contribution in [3.8, 4) is 0 Å². The smallest absolute Gasteiger partial charge is 0.250 e. The van der Waals surface area contributed by atoms with Crippen LogP contribution < -0.4 is 16.8 Å². The molecule has 2 rings (SSSR count). The first kappa shape index (κ1) is 13.9. The number of nitrogens with two attached hydrogens (primary N) is 2. The van der Waals surface area contributed by atoms with E-state index in [9.17, 15) is 9.18 Å². The zero-order valence-electron chi connectivity index (χ0n) is 11.1. The number of para-hydroxylation sites is 1. The van der Waals surface area contributed by atoms with E-state index in [1.165, 1.54) is 6.07 Å². The van der Waals surface area contributed by atoms with E-state index in [1.54, 1.807) is 0 Å². The first-order valence-electron chi connectivity index (χ1n) is 6.26. The minimum Gasteiger partial charge on any atom is -0.398 e. The Bertz CT molecular complexity index is 656. The van der Waals surface area contributed by atoms with E-state index < -0.39 is 11.7 Å². The summed E-state index contributed by atoms with van der Waals surface area (Å²) in [4.78, 5) is 11.3. The zero-order chi connectivity index (χ0) is 14.7. The van der Waals surface area contributed by atoms with E-state index in [-0.39, 0.29) is 16.9 Å². The molecule has 5 N–H and O–H groups in total. The minimum atomic E-state index is -0.686. The lowest BCUT2D eigenvalue weighted by Crippen LogP contribution is -2.14. The van der Waals surface area contributed by atoms with Crippen LogP contribution in [0.1, 0.15) is 22.8 Å². The number of anilines is 3. The second-order valence-corrected chi connectivity index (χ2v) is 4.42.